The highest BCUT2D eigenvalue weighted by Gasteiger charge is 2.67. The van der Waals surface area contributed by atoms with Crippen LogP contribution in [-0.4, -0.2) is 80.3 Å². The molecule has 2 bridgehead atoms. The number of morpholine rings is 1. The van der Waals surface area contributed by atoms with Crippen molar-refractivity contribution in [1.29, 1.82) is 0 Å². The fraction of sp³-hybridized carbons (Fsp3) is 0.542. The SMILES string of the molecule is CC(=O)Nc1ccc(N2C[C@]34C=C[C@@H](O3)[C@H](C(=O)NCCCN3CCOCC3)[C@H]4C2=O)cc1. The van der Waals surface area contributed by atoms with Crippen LogP contribution in [0.15, 0.2) is 36.4 Å². The molecule has 1 aromatic carbocycles. The molecule has 33 heavy (non-hydrogen) atoms. The molecule has 176 valence electrons. The van der Waals surface area contributed by atoms with Gasteiger partial charge in [0.05, 0.1) is 37.7 Å². The second-order valence-corrected chi connectivity index (χ2v) is 9.15. The molecule has 0 radical (unpaired) electrons. The van der Waals surface area contributed by atoms with Gasteiger partial charge in [-0.1, -0.05) is 12.2 Å². The van der Waals surface area contributed by atoms with Crippen LogP contribution in [0.5, 0.6) is 0 Å². The lowest BCUT2D eigenvalue weighted by molar-refractivity contribution is -0.131. The molecule has 5 rings (SSSR count). The summed E-state index contributed by atoms with van der Waals surface area (Å²) in [5.41, 5.74) is 0.638. The van der Waals surface area contributed by atoms with Gasteiger partial charge in [-0.25, -0.2) is 0 Å². The molecule has 9 heteroatoms. The van der Waals surface area contributed by atoms with Gasteiger partial charge in [0.15, 0.2) is 0 Å². The number of anilines is 2. The van der Waals surface area contributed by atoms with Crippen LogP contribution >= 0.6 is 0 Å². The number of nitrogens with one attached hydrogen (secondary N) is 2. The van der Waals surface area contributed by atoms with Crippen LogP contribution < -0.4 is 15.5 Å². The molecule has 2 N–H and O–H groups in total. The van der Waals surface area contributed by atoms with E-state index in [2.05, 4.69) is 15.5 Å². The Morgan fingerprint density at radius 1 is 1.18 bits per heavy atom. The van der Waals surface area contributed by atoms with E-state index in [0.29, 0.717) is 18.8 Å². The van der Waals surface area contributed by atoms with Crippen LogP contribution in [0.25, 0.3) is 0 Å². The zero-order chi connectivity index (χ0) is 23.0. The van der Waals surface area contributed by atoms with Gasteiger partial charge in [0.25, 0.3) is 0 Å². The maximum Gasteiger partial charge on any atom is 0.234 e. The Bertz CT molecular complexity index is 958. The molecule has 3 fully saturated rings. The number of carbonyl (C=O) groups is 3. The van der Waals surface area contributed by atoms with E-state index in [4.69, 9.17) is 9.47 Å². The molecule has 3 saturated heterocycles. The normalized spacial score (nSPS) is 30.5. The highest BCUT2D eigenvalue weighted by molar-refractivity contribution is 6.03. The van der Waals surface area contributed by atoms with E-state index in [9.17, 15) is 14.4 Å². The van der Waals surface area contributed by atoms with E-state index in [-0.39, 0.29) is 23.8 Å². The van der Waals surface area contributed by atoms with Gasteiger partial charge in [0, 0.05) is 37.9 Å². The van der Waals surface area contributed by atoms with Gasteiger partial charge in [-0.3, -0.25) is 19.3 Å². The molecule has 1 spiro atoms. The topological polar surface area (TPSA) is 100 Å². The molecule has 0 aromatic heterocycles. The van der Waals surface area contributed by atoms with Gasteiger partial charge < -0.3 is 25.0 Å². The highest BCUT2D eigenvalue weighted by atomic mass is 16.5. The molecule has 4 heterocycles. The van der Waals surface area contributed by atoms with Crippen molar-refractivity contribution >= 4 is 29.1 Å². The minimum absolute atomic E-state index is 0.0948. The van der Waals surface area contributed by atoms with Crippen LogP contribution in [0, 0.1) is 11.8 Å². The Morgan fingerprint density at radius 3 is 2.67 bits per heavy atom. The first-order chi connectivity index (χ1) is 16.0. The van der Waals surface area contributed by atoms with E-state index in [1.165, 1.54) is 6.92 Å². The summed E-state index contributed by atoms with van der Waals surface area (Å²) >= 11 is 0. The summed E-state index contributed by atoms with van der Waals surface area (Å²) < 4.78 is 11.6. The standard InChI is InChI=1S/C24H30N4O5/c1-16(29)26-17-3-5-18(6-4-17)28-15-24-8-7-19(33-24)20(21(24)23(28)31)22(30)25-9-2-10-27-11-13-32-14-12-27/h3-8,19-21H,2,9-15H2,1H3,(H,25,30)(H,26,29)/t19-,20+,21+,24+/m1/s1. The van der Waals surface area contributed by atoms with Crippen molar-refractivity contribution in [2.24, 2.45) is 11.8 Å². The zero-order valence-electron chi connectivity index (χ0n) is 18.8. The highest BCUT2D eigenvalue weighted by Crippen LogP contribution is 2.52. The van der Waals surface area contributed by atoms with E-state index >= 15 is 0 Å². The fourth-order valence-electron chi connectivity index (χ4n) is 5.40. The predicted octanol–water partition coefficient (Wildman–Crippen LogP) is 0.770. The van der Waals surface area contributed by atoms with Gasteiger partial charge in [0.1, 0.15) is 5.60 Å². The van der Waals surface area contributed by atoms with Crippen LogP contribution in [-0.2, 0) is 23.9 Å². The van der Waals surface area contributed by atoms with Gasteiger partial charge in [-0.15, -0.1) is 0 Å². The van der Waals surface area contributed by atoms with Crippen molar-refractivity contribution in [1.82, 2.24) is 10.2 Å². The number of ether oxygens (including phenoxy) is 2. The molecule has 4 aliphatic heterocycles. The van der Waals surface area contributed by atoms with Gasteiger partial charge >= 0.3 is 0 Å². The molecule has 0 saturated carbocycles. The van der Waals surface area contributed by atoms with Crippen LogP contribution in [0.3, 0.4) is 0 Å². The summed E-state index contributed by atoms with van der Waals surface area (Å²) in [6.07, 6.45) is 4.37. The number of fused-ring (bicyclic) bond motifs is 1. The van der Waals surface area contributed by atoms with Crippen LogP contribution in [0.1, 0.15) is 13.3 Å². The lowest BCUT2D eigenvalue weighted by Gasteiger charge is -2.27. The Labute approximate surface area is 193 Å². The van der Waals surface area contributed by atoms with E-state index in [0.717, 1.165) is 45.0 Å². The Hall–Kier alpha value is -2.75. The quantitative estimate of drug-likeness (QED) is 0.466. The molecule has 3 amide bonds. The van der Waals surface area contributed by atoms with Gasteiger partial charge in [-0.05, 0) is 37.2 Å². The molecule has 9 nitrogen and oxygen atoms in total. The third-order valence-electron chi connectivity index (χ3n) is 6.96. The summed E-state index contributed by atoms with van der Waals surface area (Å²) in [5, 5.41) is 5.76. The van der Waals surface area contributed by atoms with Crippen LogP contribution in [0.2, 0.25) is 0 Å². The van der Waals surface area contributed by atoms with Crippen molar-refractivity contribution in [3.05, 3.63) is 36.4 Å². The predicted molar refractivity (Wildman–Crippen MR) is 122 cm³/mol. The summed E-state index contributed by atoms with van der Waals surface area (Å²) in [5.74, 6) is -1.41. The first-order valence-electron chi connectivity index (χ1n) is 11.6. The third kappa shape index (κ3) is 4.16. The van der Waals surface area contributed by atoms with Crippen molar-refractivity contribution in [3.63, 3.8) is 0 Å². The summed E-state index contributed by atoms with van der Waals surface area (Å²) in [4.78, 5) is 41.8. The summed E-state index contributed by atoms with van der Waals surface area (Å²) in [6, 6.07) is 7.14. The Kier molecular flexibility index (Phi) is 5.94. The minimum Gasteiger partial charge on any atom is -0.379 e. The molecule has 1 aromatic rings. The number of hydrogen-bond acceptors (Lipinski definition) is 6. The van der Waals surface area contributed by atoms with Crippen molar-refractivity contribution in [2.75, 3.05) is 56.2 Å². The van der Waals surface area contributed by atoms with Crippen LogP contribution in [0.4, 0.5) is 11.4 Å². The molecular formula is C24H30N4O5. The first kappa shape index (κ1) is 22.1. The first-order valence-corrected chi connectivity index (χ1v) is 11.6. The van der Waals surface area contributed by atoms with Crippen molar-refractivity contribution in [3.8, 4) is 0 Å². The average molecular weight is 455 g/mol. The monoisotopic (exact) mass is 454 g/mol. The number of carbonyl (C=O) groups excluding carboxylic acids is 3. The maximum atomic E-state index is 13.4. The third-order valence-corrected chi connectivity index (χ3v) is 6.96. The Morgan fingerprint density at radius 2 is 1.94 bits per heavy atom. The molecule has 0 unspecified atom stereocenters. The van der Waals surface area contributed by atoms with Crippen molar-refractivity contribution in [2.45, 2.75) is 25.0 Å². The molecule has 0 aliphatic carbocycles. The number of nitrogens with zero attached hydrogens (tertiary/aromatic N) is 2. The number of amides is 3. The van der Waals surface area contributed by atoms with E-state index in [1.807, 2.05) is 12.2 Å². The second-order valence-electron chi connectivity index (χ2n) is 9.15. The molecule has 4 aliphatic rings. The second kappa shape index (κ2) is 8.89. The van der Waals surface area contributed by atoms with Crippen molar-refractivity contribution < 1.29 is 23.9 Å². The lowest BCUT2D eigenvalue weighted by Crippen LogP contribution is -2.45. The number of hydrogen-bond donors (Lipinski definition) is 2. The number of benzene rings is 1. The minimum atomic E-state index is -0.756. The zero-order valence-corrected chi connectivity index (χ0v) is 18.8. The molecule has 4 atom stereocenters. The van der Waals surface area contributed by atoms with Gasteiger partial charge in [0.2, 0.25) is 17.7 Å². The number of rotatable bonds is 7. The maximum absolute atomic E-state index is 13.4. The van der Waals surface area contributed by atoms with E-state index in [1.54, 1.807) is 29.2 Å². The molecular weight excluding hydrogens is 424 g/mol. The summed E-state index contributed by atoms with van der Waals surface area (Å²) in [6.45, 7) is 6.70. The Balaban J connectivity index is 1.22. The van der Waals surface area contributed by atoms with E-state index < -0.39 is 17.4 Å². The fourth-order valence-corrected chi connectivity index (χ4v) is 5.40. The average Bonchev–Trinajstić information content (AvgIpc) is 3.46. The largest absolute Gasteiger partial charge is 0.379 e. The van der Waals surface area contributed by atoms with Gasteiger partial charge in [-0.2, -0.15) is 0 Å². The smallest absolute Gasteiger partial charge is 0.234 e. The lowest BCUT2D eigenvalue weighted by atomic mass is 9.77. The summed E-state index contributed by atoms with van der Waals surface area (Å²) in [7, 11) is 0.